The van der Waals surface area contributed by atoms with Crippen molar-refractivity contribution >= 4 is 0 Å². The van der Waals surface area contributed by atoms with E-state index in [0.29, 0.717) is 0 Å². The Morgan fingerprint density at radius 3 is 0.750 bits per heavy atom. The van der Waals surface area contributed by atoms with E-state index in [9.17, 15) is 60.7 Å². The van der Waals surface area contributed by atoms with Crippen LogP contribution in [0.25, 0.3) is 0 Å². The van der Waals surface area contributed by atoms with Crippen molar-refractivity contribution in [3.63, 3.8) is 0 Å². The molecular formula is C6H8N6O12. The van der Waals surface area contributed by atoms with Crippen LogP contribution < -0.4 is 0 Å². The third-order valence-corrected chi connectivity index (χ3v) is 3.03. The first-order valence-electron chi connectivity index (χ1n) is 5.74. The fraction of sp³-hybridized carbons (Fsp3) is 1.00. The largest absolute Gasteiger partial charge is 0.699 e. The average molecular weight is 356 g/mol. The van der Waals surface area contributed by atoms with E-state index >= 15 is 0 Å². The van der Waals surface area contributed by atoms with Gasteiger partial charge in [-0.15, -0.1) is 0 Å². The zero-order valence-electron chi connectivity index (χ0n) is 11.4. The highest BCUT2D eigenvalue weighted by Gasteiger charge is 2.71. The number of hydrogen-bond donors (Lipinski definition) is 0. The van der Waals surface area contributed by atoms with Crippen LogP contribution in [0.5, 0.6) is 0 Å². The molecule has 0 aromatic rings. The molecule has 24 heavy (non-hydrogen) atoms. The van der Waals surface area contributed by atoms with Gasteiger partial charge in [0.25, 0.3) is 0 Å². The van der Waals surface area contributed by atoms with Gasteiger partial charge in [-0.3, -0.25) is 60.7 Å². The van der Waals surface area contributed by atoms with Crippen LogP contribution in [-0.2, 0) is 0 Å². The predicted octanol–water partition coefficient (Wildman–Crippen LogP) is -0.485. The summed E-state index contributed by atoms with van der Waals surface area (Å²) in [6.45, 7) is 0. The molecular weight excluding hydrogens is 348 g/mol. The Bertz CT molecular complexity index is 477. The zero-order chi connectivity index (χ0) is 19.3. The van der Waals surface area contributed by atoms with Crippen molar-refractivity contribution in [3.05, 3.63) is 60.7 Å². The van der Waals surface area contributed by atoms with Crippen LogP contribution in [0.15, 0.2) is 0 Å². The van der Waals surface area contributed by atoms with E-state index in [2.05, 4.69) is 0 Å². The lowest BCUT2D eigenvalue weighted by atomic mass is 10.1. The lowest BCUT2D eigenvalue weighted by molar-refractivity contribution is -0.972. The van der Waals surface area contributed by atoms with Gasteiger partial charge in [0.15, 0.2) is 42.4 Å². The van der Waals surface area contributed by atoms with Crippen LogP contribution >= 0.6 is 0 Å². The molecule has 0 aromatic heterocycles. The van der Waals surface area contributed by atoms with Gasteiger partial charge < -0.3 is 0 Å². The monoisotopic (exact) mass is 356 g/mol. The maximum atomic E-state index is 10.6. The van der Waals surface area contributed by atoms with Crippen molar-refractivity contribution in [1.82, 2.24) is 0 Å². The Kier molecular flexibility index (Phi) is 6.04. The second-order valence-electron chi connectivity index (χ2n) is 4.30. The second kappa shape index (κ2) is 7.11. The van der Waals surface area contributed by atoms with E-state index in [1.54, 1.807) is 0 Å². The van der Waals surface area contributed by atoms with E-state index in [-0.39, 0.29) is 0 Å². The molecule has 0 bridgehead atoms. The van der Waals surface area contributed by atoms with Gasteiger partial charge in [0, 0.05) is 0 Å². The molecule has 18 nitrogen and oxygen atoms in total. The molecule has 0 spiro atoms. The van der Waals surface area contributed by atoms with Crippen molar-refractivity contribution in [2.45, 2.75) is 37.3 Å². The maximum absolute atomic E-state index is 10.6. The molecule has 0 aromatic carbocycles. The molecule has 0 aliphatic heterocycles. The molecule has 0 fully saturated rings. The molecule has 0 rings (SSSR count). The minimum Gasteiger partial charge on any atom is -0.253 e. The normalized spacial score (nSPS) is 11.5. The smallest absolute Gasteiger partial charge is 0.253 e. The summed E-state index contributed by atoms with van der Waals surface area (Å²) < 4.78 is 0. The van der Waals surface area contributed by atoms with Crippen molar-refractivity contribution in [2.24, 2.45) is 0 Å². The molecule has 0 atom stereocenters. The van der Waals surface area contributed by atoms with Crippen molar-refractivity contribution in [3.8, 4) is 0 Å². The highest BCUT2D eigenvalue weighted by atomic mass is 16.7. The van der Waals surface area contributed by atoms with Gasteiger partial charge in [-0.2, -0.15) is 0 Å². The average Bonchev–Trinajstić information content (AvgIpc) is 2.40. The van der Waals surface area contributed by atoms with Gasteiger partial charge in [0.2, 0.25) is 0 Å². The number of rotatable bonds is 11. The molecule has 0 radical (unpaired) electrons. The standard InChI is InChI=1S/C6H8N6O12/c13-7(14)5(8(15)16,9(17)18)3-1-2-4-6(10(19)20,11(21)22)12(23)24/h1-4H2. The third-order valence-electron chi connectivity index (χ3n) is 3.03. The molecule has 0 unspecified atom stereocenters. The Balaban J connectivity index is 5.28. The summed E-state index contributed by atoms with van der Waals surface area (Å²) in [6, 6.07) is 0. The van der Waals surface area contributed by atoms with Gasteiger partial charge in [-0.05, 0) is 12.8 Å². The lowest BCUT2D eigenvalue weighted by Gasteiger charge is -2.10. The summed E-state index contributed by atoms with van der Waals surface area (Å²) in [6.07, 6.45) is -4.44. The van der Waals surface area contributed by atoms with Gasteiger partial charge in [-0.25, -0.2) is 0 Å². The molecule has 18 heteroatoms. The van der Waals surface area contributed by atoms with E-state index in [1.165, 1.54) is 0 Å². The van der Waals surface area contributed by atoms with Crippen molar-refractivity contribution in [1.29, 1.82) is 0 Å². The number of nitro groups is 6. The van der Waals surface area contributed by atoms with Crippen LogP contribution in [0.2, 0.25) is 0 Å². The Hall–Kier alpha value is -3.60. The SMILES string of the molecule is O=[N+]([O-])C(CCCCC([N+](=O)[O-])([N+](=O)[O-])[N+](=O)[O-])([N+](=O)[O-])[N+](=O)[O-]. The second-order valence-corrected chi connectivity index (χ2v) is 4.30. The van der Waals surface area contributed by atoms with Crippen LogP contribution in [0.4, 0.5) is 0 Å². The van der Waals surface area contributed by atoms with Gasteiger partial charge in [0.05, 0.1) is 0 Å². The summed E-state index contributed by atoms with van der Waals surface area (Å²) in [5, 5.41) is 63.7. The molecule has 0 aliphatic carbocycles. The van der Waals surface area contributed by atoms with E-state index in [1.807, 2.05) is 0 Å². The Morgan fingerprint density at radius 1 is 0.458 bits per heavy atom. The van der Waals surface area contributed by atoms with E-state index in [4.69, 9.17) is 0 Å². The van der Waals surface area contributed by atoms with Crippen LogP contribution in [0.1, 0.15) is 25.7 Å². The molecule has 0 amide bonds. The summed E-state index contributed by atoms with van der Waals surface area (Å²) in [7, 11) is 0. The first kappa shape index (κ1) is 20.4. The van der Waals surface area contributed by atoms with Gasteiger partial charge in [0.1, 0.15) is 0 Å². The highest BCUT2D eigenvalue weighted by molar-refractivity contribution is 4.59. The Morgan fingerprint density at radius 2 is 0.625 bits per heavy atom. The van der Waals surface area contributed by atoms with Crippen LogP contribution in [-0.4, -0.2) is 41.1 Å². The minimum absolute atomic E-state index is 0.847. The first-order chi connectivity index (χ1) is 10.9. The van der Waals surface area contributed by atoms with E-state index in [0.717, 1.165) is 0 Å². The van der Waals surface area contributed by atoms with E-state index < -0.39 is 66.8 Å². The number of hydrogen-bond acceptors (Lipinski definition) is 12. The molecule has 0 heterocycles. The Labute approximate surface area is 128 Å². The molecule has 0 saturated carbocycles. The van der Waals surface area contributed by atoms with Gasteiger partial charge in [-0.1, -0.05) is 0 Å². The molecule has 134 valence electrons. The first-order valence-corrected chi connectivity index (χ1v) is 5.74. The fourth-order valence-corrected chi connectivity index (χ4v) is 1.67. The zero-order valence-corrected chi connectivity index (χ0v) is 11.4. The fourth-order valence-electron chi connectivity index (χ4n) is 1.67. The van der Waals surface area contributed by atoms with Crippen LogP contribution in [0, 0.1) is 60.7 Å². The molecule has 0 N–H and O–H groups in total. The highest BCUT2D eigenvalue weighted by Crippen LogP contribution is 2.25. The molecule has 0 saturated heterocycles. The van der Waals surface area contributed by atoms with Crippen molar-refractivity contribution in [2.75, 3.05) is 0 Å². The summed E-state index contributed by atoms with van der Waals surface area (Å²) in [4.78, 5) is 52.9. The maximum Gasteiger partial charge on any atom is 0.699 e. The van der Waals surface area contributed by atoms with Gasteiger partial charge >= 0.3 is 11.6 Å². The lowest BCUT2D eigenvalue weighted by Crippen LogP contribution is -2.54. The van der Waals surface area contributed by atoms with Crippen LogP contribution in [0.3, 0.4) is 0 Å². The number of unbranched alkanes of at least 4 members (excludes halogenated alkanes) is 1. The summed E-state index contributed by atoms with van der Waals surface area (Å²) in [5.41, 5.74) is 0. The third kappa shape index (κ3) is 3.25. The quantitative estimate of drug-likeness (QED) is 0.196. The summed E-state index contributed by atoms with van der Waals surface area (Å²) in [5.74, 6) is -7.69. The molecule has 0 aliphatic rings. The minimum atomic E-state index is -3.85. The predicted molar refractivity (Wildman–Crippen MR) is 65.9 cm³/mol. The summed E-state index contributed by atoms with van der Waals surface area (Å²) >= 11 is 0. The number of nitrogens with zero attached hydrogens (tertiary/aromatic N) is 6. The van der Waals surface area contributed by atoms with Crippen molar-refractivity contribution < 1.29 is 29.5 Å². The topological polar surface area (TPSA) is 259 Å².